The minimum Gasteiger partial charge on any atom is -0.422 e. The van der Waals surface area contributed by atoms with Gasteiger partial charge in [-0.15, -0.1) is 0 Å². The second kappa shape index (κ2) is 7.04. The molecule has 0 fully saturated rings. The first-order valence-corrected chi connectivity index (χ1v) is 8.69. The number of hydrogen-bond acceptors (Lipinski definition) is 2. The number of allylic oxidation sites excluding steroid dienone is 3. The van der Waals surface area contributed by atoms with Crippen molar-refractivity contribution in [3.63, 3.8) is 0 Å². The van der Waals surface area contributed by atoms with Crippen molar-refractivity contribution in [2.45, 2.75) is 20.8 Å². The fourth-order valence-corrected chi connectivity index (χ4v) is 3.38. The Kier molecular flexibility index (Phi) is 4.81. The van der Waals surface area contributed by atoms with E-state index in [1.165, 1.54) is 0 Å². The maximum absolute atomic E-state index is 12.5. The largest absolute Gasteiger partial charge is 0.422 e. The number of fused-ring (bicyclic) bond motifs is 1. The van der Waals surface area contributed by atoms with Crippen LogP contribution in [0.15, 0.2) is 40.6 Å². The van der Waals surface area contributed by atoms with Crippen molar-refractivity contribution in [1.82, 2.24) is 4.98 Å². The summed E-state index contributed by atoms with van der Waals surface area (Å²) in [5.41, 5.74) is 3.94. The van der Waals surface area contributed by atoms with E-state index in [0.717, 1.165) is 33.0 Å². The molecule has 0 saturated carbocycles. The minimum atomic E-state index is -0.349. The van der Waals surface area contributed by atoms with Crippen molar-refractivity contribution in [1.29, 1.82) is 0 Å². The summed E-state index contributed by atoms with van der Waals surface area (Å²) in [5, 5.41) is 2.09. The van der Waals surface area contributed by atoms with Gasteiger partial charge in [0.1, 0.15) is 5.76 Å². The SMILES string of the molecule is C=C/C=c1/[nH]c(-c2c(C=C)oc(=O)c3c2C=CC(C)C=C3)c(C)/c1=C/C. The van der Waals surface area contributed by atoms with Gasteiger partial charge in [-0.1, -0.05) is 56.5 Å². The van der Waals surface area contributed by atoms with E-state index in [1.54, 1.807) is 12.2 Å². The van der Waals surface area contributed by atoms with Crippen molar-refractivity contribution in [3.05, 3.63) is 74.8 Å². The van der Waals surface area contributed by atoms with E-state index in [9.17, 15) is 4.79 Å². The molecule has 0 aliphatic heterocycles. The number of rotatable bonds is 3. The average Bonchev–Trinajstić information content (AvgIpc) is 2.79. The van der Waals surface area contributed by atoms with Gasteiger partial charge in [-0.25, -0.2) is 4.79 Å². The topological polar surface area (TPSA) is 46.0 Å². The molecule has 1 aliphatic carbocycles. The van der Waals surface area contributed by atoms with Gasteiger partial charge in [0.15, 0.2) is 0 Å². The Hall–Kier alpha value is -3.07. The van der Waals surface area contributed by atoms with Gasteiger partial charge in [0.2, 0.25) is 0 Å². The molecule has 26 heavy (non-hydrogen) atoms. The van der Waals surface area contributed by atoms with Gasteiger partial charge in [-0.2, -0.15) is 0 Å². The molecule has 3 rings (SSSR count). The van der Waals surface area contributed by atoms with Crippen LogP contribution in [0.5, 0.6) is 0 Å². The normalized spacial score (nSPS) is 17.3. The van der Waals surface area contributed by atoms with E-state index in [0.29, 0.717) is 11.3 Å². The van der Waals surface area contributed by atoms with Crippen LogP contribution in [0.3, 0.4) is 0 Å². The van der Waals surface area contributed by atoms with Crippen molar-refractivity contribution in [3.8, 4) is 11.3 Å². The fourth-order valence-electron chi connectivity index (χ4n) is 3.38. The smallest absolute Gasteiger partial charge is 0.344 e. The Morgan fingerprint density at radius 1 is 1.19 bits per heavy atom. The number of aromatic nitrogens is 1. The van der Waals surface area contributed by atoms with Crippen molar-refractivity contribution in [2.75, 3.05) is 0 Å². The van der Waals surface area contributed by atoms with Gasteiger partial charge in [-0.05, 0) is 42.7 Å². The van der Waals surface area contributed by atoms with Crippen LogP contribution < -0.4 is 16.2 Å². The zero-order valence-electron chi connectivity index (χ0n) is 15.4. The molecule has 1 unspecified atom stereocenters. The van der Waals surface area contributed by atoms with Crippen LogP contribution in [0.4, 0.5) is 0 Å². The summed E-state index contributed by atoms with van der Waals surface area (Å²) in [7, 11) is 0. The molecule has 0 amide bonds. The van der Waals surface area contributed by atoms with Crippen LogP contribution in [0.2, 0.25) is 0 Å². The van der Waals surface area contributed by atoms with Crippen LogP contribution in [-0.2, 0) is 0 Å². The molecule has 0 aromatic carbocycles. The maximum atomic E-state index is 12.5. The molecule has 0 spiro atoms. The molecular formula is C23H23NO2. The van der Waals surface area contributed by atoms with Gasteiger partial charge in [-0.3, -0.25) is 0 Å². The first kappa shape index (κ1) is 17.7. The predicted octanol–water partition coefficient (Wildman–Crippen LogP) is 4.03. The summed E-state index contributed by atoms with van der Waals surface area (Å²) in [4.78, 5) is 15.9. The Bertz CT molecular complexity index is 1120. The lowest BCUT2D eigenvalue weighted by molar-refractivity contribution is 0.501. The second-order valence-electron chi connectivity index (χ2n) is 6.38. The molecule has 2 aromatic heterocycles. The van der Waals surface area contributed by atoms with Crippen LogP contribution in [0.1, 0.15) is 36.3 Å². The average molecular weight is 345 g/mol. The van der Waals surface area contributed by atoms with Gasteiger partial charge >= 0.3 is 5.63 Å². The Morgan fingerprint density at radius 2 is 1.88 bits per heavy atom. The summed E-state index contributed by atoms with van der Waals surface area (Å²) in [6.07, 6.45) is 15.3. The molecule has 0 radical (unpaired) electrons. The molecule has 1 atom stereocenters. The van der Waals surface area contributed by atoms with E-state index in [2.05, 4.69) is 44.1 Å². The third kappa shape index (κ3) is 2.86. The highest BCUT2D eigenvalue weighted by molar-refractivity contribution is 5.85. The summed E-state index contributed by atoms with van der Waals surface area (Å²) < 4.78 is 5.58. The summed E-state index contributed by atoms with van der Waals surface area (Å²) in [6, 6.07) is 0. The van der Waals surface area contributed by atoms with Crippen LogP contribution in [-0.4, -0.2) is 4.98 Å². The molecule has 0 bridgehead atoms. The highest BCUT2D eigenvalue weighted by atomic mass is 16.4. The van der Waals surface area contributed by atoms with Crippen LogP contribution in [0.25, 0.3) is 41.6 Å². The molecule has 3 heteroatoms. The lowest BCUT2D eigenvalue weighted by Gasteiger charge is -2.11. The first-order valence-electron chi connectivity index (χ1n) is 8.69. The molecule has 132 valence electrons. The van der Waals surface area contributed by atoms with E-state index in [4.69, 9.17) is 4.42 Å². The van der Waals surface area contributed by atoms with Crippen molar-refractivity contribution < 1.29 is 4.42 Å². The number of H-pyrrole nitrogens is 1. The molecule has 2 heterocycles. The van der Waals surface area contributed by atoms with Crippen LogP contribution in [0, 0.1) is 12.8 Å². The van der Waals surface area contributed by atoms with Gasteiger partial charge < -0.3 is 9.40 Å². The highest BCUT2D eigenvalue weighted by Gasteiger charge is 2.21. The van der Waals surface area contributed by atoms with Crippen LogP contribution >= 0.6 is 0 Å². The van der Waals surface area contributed by atoms with Gasteiger partial charge in [0.25, 0.3) is 0 Å². The highest BCUT2D eigenvalue weighted by Crippen LogP contribution is 2.32. The molecule has 0 saturated heterocycles. The summed E-state index contributed by atoms with van der Waals surface area (Å²) in [6.45, 7) is 13.8. The Balaban J connectivity index is 2.49. The molecule has 1 N–H and O–H groups in total. The lowest BCUT2D eigenvalue weighted by Crippen LogP contribution is -2.23. The quantitative estimate of drug-likeness (QED) is 0.913. The van der Waals surface area contributed by atoms with Gasteiger partial charge in [0.05, 0.1) is 11.3 Å². The monoisotopic (exact) mass is 345 g/mol. The number of hydrogen-bond donors (Lipinski definition) is 1. The van der Waals surface area contributed by atoms with E-state index in [-0.39, 0.29) is 11.5 Å². The molecule has 2 aromatic rings. The van der Waals surface area contributed by atoms with E-state index < -0.39 is 0 Å². The zero-order valence-corrected chi connectivity index (χ0v) is 15.4. The Labute approximate surface area is 153 Å². The minimum absolute atomic E-state index is 0.246. The number of nitrogens with one attached hydrogen (secondary N) is 1. The second-order valence-corrected chi connectivity index (χ2v) is 6.38. The molecule has 3 nitrogen and oxygen atoms in total. The zero-order chi connectivity index (χ0) is 18.8. The van der Waals surface area contributed by atoms with E-state index >= 15 is 0 Å². The third-order valence-corrected chi connectivity index (χ3v) is 4.70. The van der Waals surface area contributed by atoms with Crippen molar-refractivity contribution in [2.24, 2.45) is 5.92 Å². The summed E-state index contributed by atoms with van der Waals surface area (Å²) in [5.74, 6) is 0.717. The fraction of sp³-hybridized carbons (Fsp3) is 0.174. The van der Waals surface area contributed by atoms with E-state index in [1.807, 2.05) is 31.2 Å². The Morgan fingerprint density at radius 3 is 2.50 bits per heavy atom. The molecule has 1 aliphatic rings. The lowest BCUT2D eigenvalue weighted by atomic mass is 9.97. The van der Waals surface area contributed by atoms with Gasteiger partial charge in [0, 0.05) is 16.5 Å². The standard InChI is InChI=1S/C23H23NO2/c1-6-9-19-16(7-2)15(5)22(24-19)21-17-12-10-14(4)11-13-18(17)23(25)26-20(21)8-3/h6-14,24H,1,3H2,2,4-5H3/b16-7-,19-9+. The predicted molar refractivity (Wildman–Crippen MR) is 111 cm³/mol. The molecular weight excluding hydrogens is 322 g/mol. The number of aromatic amines is 1. The first-order chi connectivity index (χ1) is 12.5. The van der Waals surface area contributed by atoms with Crippen molar-refractivity contribution >= 4 is 30.4 Å². The third-order valence-electron chi connectivity index (χ3n) is 4.70. The maximum Gasteiger partial charge on any atom is 0.344 e. The summed E-state index contributed by atoms with van der Waals surface area (Å²) >= 11 is 0.